The first-order valence-corrected chi connectivity index (χ1v) is 6.63. The second-order valence-electron chi connectivity index (χ2n) is 4.10. The van der Waals surface area contributed by atoms with Gasteiger partial charge in [0.25, 0.3) is 0 Å². The molecule has 0 N–H and O–H groups in total. The number of rotatable bonds is 7. The Kier molecular flexibility index (Phi) is 5.15. The molecular weight excluding hydrogens is 258 g/mol. The van der Waals surface area contributed by atoms with Crippen LogP contribution in [0.3, 0.4) is 0 Å². The van der Waals surface area contributed by atoms with Crippen LogP contribution < -0.4 is 9.47 Å². The maximum Gasteiger partial charge on any atom is 0.130 e. The molecule has 0 saturated carbocycles. The van der Waals surface area contributed by atoms with Crippen molar-refractivity contribution < 1.29 is 19.2 Å². The lowest BCUT2D eigenvalue weighted by molar-refractivity contribution is -0.301. The number of aromatic nitrogens is 1. The van der Waals surface area contributed by atoms with Gasteiger partial charge in [0.05, 0.1) is 31.5 Å². The fourth-order valence-electron chi connectivity index (χ4n) is 1.89. The molecule has 1 aromatic carbocycles. The van der Waals surface area contributed by atoms with Gasteiger partial charge in [-0.05, 0) is 32.0 Å². The lowest BCUT2D eigenvalue weighted by Gasteiger charge is -2.11. The Balaban J connectivity index is 2.37. The predicted octanol–water partition coefficient (Wildman–Crippen LogP) is 3.11. The van der Waals surface area contributed by atoms with Crippen molar-refractivity contribution in [2.75, 3.05) is 20.3 Å². The standard InChI is InChI=1S/C15H19NO4/c1-4-18-15-8-11(10-20-19-5-2)16-14-7-6-12(17-3)9-13(14)15/h6-9H,4-5,10H2,1-3H3. The number of benzene rings is 1. The van der Waals surface area contributed by atoms with E-state index in [1.807, 2.05) is 38.1 Å². The molecule has 0 bridgehead atoms. The smallest absolute Gasteiger partial charge is 0.130 e. The molecule has 108 valence electrons. The largest absolute Gasteiger partial charge is 0.497 e. The zero-order valence-corrected chi connectivity index (χ0v) is 12.0. The van der Waals surface area contributed by atoms with Crippen LogP contribution in [-0.4, -0.2) is 25.3 Å². The van der Waals surface area contributed by atoms with Gasteiger partial charge < -0.3 is 9.47 Å². The van der Waals surface area contributed by atoms with E-state index in [0.717, 1.165) is 28.1 Å². The zero-order chi connectivity index (χ0) is 14.4. The van der Waals surface area contributed by atoms with E-state index in [0.29, 0.717) is 13.2 Å². The van der Waals surface area contributed by atoms with Gasteiger partial charge in [0, 0.05) is 11.5 Å². The summed E-state index contributed by atoms with van der Waals surface area (Å²) in [6.45, 7) is 5.19. The summed E-state index contributed by atoms with van der Waals surface area (Å²) in [4.78, 5) is 14.5. The van der Waals surface area contributed by atoms with E-state index in [2.05, 4.69) is 4.98 Å². The van der Waals surface area contributed by atoms with Crippen molar-refractivity contribution in [2.24, 2.45) is 0 Å². The van der Waals surface area contributed by atoms with Crippen molar-refractivity contribution in [3.63, 3.8) is 0 Å². The summed E-state index contributed by atoms with van der Waals surface area (Å²) >= 11 is 0. The summed E-state index contributed by atoms with van der Waals surface area (Å²) in [5.74, 6) is 1.55. The van der Waals surface area contributed by atoms with Crippen molar-refractivity contribution in [3.8, 4) is 11.5 Å². The van der Waals surface area contributed by atoms with E-state index in [9.17, 15) is 0 Å². The molecule has 20 heavy (non-hydrogen) atoms. The van der Waals surface area contributed by atoms with Crippen LogP contribution in [0.4, 0.5) is 0 Å². The third-order valence-corrected chi connectivity index (χ3v) is 2.74. The molecule has 0 spiro atoms. The summed E-state index contributed by atoms with van der Waals surface area (Å²) in [6, 6.07) is 7.56. The highest BCUT2D eigenvalue weighted by atomic mass is 17.2. The molecule has 5 nitrogen and oxygen atoms in total. The van der Waals surface area contributed by atoms with Gasteiger partial charge in [-0.3, -0.25) is 0 Å². The fourth-order valence-corrected chi connectivity index (χ4v) is 1.89. The minimum atomic E-state index is 0.288. The topological polar surface area (TPSA) is 49.8 Å². The molecule has 0 fully saturated rings. The van der Waals surface area contributed by atoms with Crippen molar-refractivity contribution in [1.29, 1.82) is 0 Å². The average Bonchev–Trinajstić information content (AvgIpc) is 2.47. The molecule has 0 aliphatic carbocycles. The van der Waals surface area contributed by atoms with Crippen molar-refractivity contribution >= 4 is 10.9 Å². The number of nitrogens with zero attached hydrogens (tertiary/aromatic N) is 1. The zero-order valence-electron chi connectivity index (χ0n) is 12.0. The minimum Gasteiger partial charge on any atom is -0.497 e. The molecule has 0 aliphatic heterocycles. The average molecular weight is 277 g/mol. The number of hydrogen-bond donors (Lipinski definition) is 0. The van der Waals surface area contributed by atoms with E-state index in [1.165, 1.54) is 0 Å². The molecule has 1 heterocycles. The Morgan fingerprint density at radius 1 is 1.05 bits per heavy atom. The molecule has 1 aromatic heterocycles. The summed E-state index contributed by atoms with van der Waals surface area (Å²) in [6.07, 6.45) is 0. The van der Waals surface area contributed by atoms with E-state index >= 15 is 0 Å². The van der Waals surface area contributed by atoms with Gasteiger partial charge in [0.15, 0.2) is 0 Å². The number of fused-ring (bicyclic) bond motifs is 1. The number of ether oxygens (including phenoxy) is 2. The molecule has 0 saturated heterocycles. The molecule has 5 heteroatoms. The highest BCUT2D eigenvalue weighted by Crippen LogP contribution is 2.29. The lowest BCUT2D eigenvalue weighted by Crippen LogP contribution is -2.00. The molecule has 0 amide bonds. The molecule has 0 radical (unpaired) electrons. The predicted molar refractivity (Wildman–Crippen MR) is 75.9 cm³/mol. The molecule has 0 atom stereocenters. The molecule has 2 aromatic rings. The van der Waals surface area contributed by atoms with Crippen molar-refractivity contribution in [3.05, 3.63) is 30.0 Å². The molecular formula is C15H19NO4. The third-order valence-electron chi connectivity index (χ3n) is 2.74. The van der Waals surface area contributed by atoms with Crippen LogP contribution in [0.25, 0.3) is 10.9 Å². The summed E-state index contributed by atoms with van der Waals surface area (Å²) in [5, 5.41) is 0.923. The van der Waals surface area contributed by atoms with Gasteiger partial charge in [0.2, 0.25) is 0 Å². The lowest BCUT2D eigenvalue weighted by atomic mass is 10.1. The van der Waals surface area contributed by atoms with Crippen LogP contribution in [0.15, 0.2) is 24.3 Å². The van der Waals surface area contributed by atoms with Crippen LogP contribution in [-0.2, 0) is 16.4 Å². The van der Waals surface area contributed by atoms with E-state index in [1.54, 1.807) is 7.11 Å². The fraction of sp³-hybridized carbons (Fsp3) is 0.400. The van der Waals surface area contributed by atoms with Crippen molar-refractivity contribution in [2.45, 2.75) is 20.5 Å². The van der Waals surface area contributed by atoms with Crippen LogP contribution in [0.5, 0.6) is 11.5 Å². The van der Waals surface area contributed by atoms with Gasteiger partial charge in [-0.1, -0.05) is 0 Å². The first-order chi connectivity index (χ1) is 9.78. The van der Waals surface area contributed by atoms with Crippen molar-refractivity contribution in [1.82, 2.24) is 4.98 Å². The number of hydrogen-bond acceptors (Lipinski definition) is 5. The van der Waals surface area contributed by atoms with E-state index in [4.69, 9.17) is 19.2 Å². The Morgan fingerprint density at radius 2 is 1.90 bits per heavy atom. The minimum absolute atomic E-state index is 0.288. The van der Waals surface area contributed by atoms with Crippen LogP contribution in [0, 0.1) is 0 Å². The van der Waals surface area contributed by atoms with Gasteiger partial charge >= 0.3 is 0 Å². The quantitative estimate of drug-likeness (QED) is 0.442. The van der Waals surface area contributed by atoms with Crippen LogP contribution >= 0.6 is 0 Å². The van der Waals surface area contributed by atoms with Gasteiger partial charge in [-0.15, -0.1) is 0 Å². The highest BCUT2D eigenvalue weighted by molar-refractivity contribution is 5.86. The van der Waals surface area contributed by atoms with Gasteiger partial charge in [0.1, 0.15) is 18.1 Å². The molecule has 0 unspecified atom stereocenters. The second-order valence-corrected chi connectivity index (χ2v) is 4.10. The Morgan fingerprint density at radius 3 is 2.60 bits per heavy atom. The maximum absolute atomic E-state index is 5.67. The number of methoxy groups -OCH3 is 1. The van der Waals surface area contributed by atoms with Gasteiger partial charge in [-0.25, -0.2) is 14.8 Å². The Hall–Kier alpha value is -1.85. The Labute approximate surface area is 118 Å². The maximum atomic E-state index is 5.67. The first kappa shape index (κ1) is 14.6. The summed E-state index contributed by atoms with van der Waals surface area (Å²) in [7, 11) is 1.64. The number of pyridine rings is 1. The monoisotopic (exact) mass is 277 g/mol. The van der Waals surface area contributed by atoms with Gasteiger partial charge in [-0.2, -0.15) is 0 Å². The SMILES string of the molecule is CCOOCc1cc(OCC)c2cc(OC)ccc2n1. The molecule has 0 aliphatic rings. The summed E-state index contributed by atoms with van der Waals surface area (Å²) < 4.78 is 10.9. The normalized spacial score (nSPS) is 10.8. The van der Waals surface area contributed by atoms with Crippen LogP contribution in [0.1, 0.15) is 19.5 Å². The van der Waals surface area contributed by atoms with Crippen LogP contribution in [0.2, 0.25) is 0 Å². The third kappa shape index (κ3) is 3.37. The van der Waals surface area contributed by atoms with E-state index < -0.39 is 0 Å². The highest BCUT2D eigenvalue weighted by Gasteiger charge is 2.08. The Bertz CT molecular complexity index is 571. The second kappa shape index (κ2) is 7.07. The van der Waals surface area contributed by atoms with E-state index in [-0.39, 0.29) is 6.61 Å². The molecule has 2 rings (SSSR count). The summed E-state index contributed by atoms with van der Waals surface area (Å²) in [5.41, 5.74) is 1.60. The first-order valence-electron chi connectivity index (χ1n) is 6.63.